The summed E-state index contributed by atoms with van der Waals surface area (Å²) in [6.07, 6.45) is 1.46. The molecule has 0 heterocycles. The Hall–Kier alpha value is -4.57. The molecule has 2 N–H and O–H groups in total. The molecule has 0 fully saturated rings. The first kappa shape index (κ1) is 23.1. The van der Waals surface area contributed by atoms with Crippen LogP contribution < -0.4 is 20.1 Å². The molecule has 0 bridgehead atoms. The minimum absolute atomic E-state index is 0.0591. The highest BCUT2D eigenvalue weighted by molar-refractivity contribution is 6.10. The molecular weight excluding hydrogens is 418 g/mol. The predicted molar refractivity (Wildman–Crippen MR) is 127 cm³/mol. The maximum atomic E-state index is 12.5. The van der Waals surface area contributed by atoms with Crippen LogP contribution >= 0.6 is 0 Å². The van der Waals surface area contributed by atoms with E-state index >= 15 is 0 Å². The van der Waals surface area contributed by atoms with Crippen molar-refractivity contribution in [2.75, 3.05) is 24.4 Å². The minimum Gasteiger partial charge on any atom is -0.493 e. The third-order valence-corrected chi connectivity index (χ3v) is 4.67. The maximum Gasteiger partial charge on any atom is 0.266 e. The number of aryl methyl sites for hydroxylation is 1. The molecule has 7 nitrogen and oxygen atoms in total. The van der Waals surface area contributed by atoms with Gasteiger partial charge in [-0.05, 0) is 54.5 Å². The van der Waals surface area contributed by atoms with Gasteiger partial charge in [0.25, 0.3) is 11.8 Å². The average Bonchev–Trinajstić information content (AvgIpc) is 2.83. The molecule has 0 saturated carbocycles. The molecule has 0 radical (unpaired) electrons. The third kappa shape index (κ3) is 6.45. The summed E-state index contributed by atoms with van der Waals surface area (Å²) in [4.78, 5) is 24.7. The van der Waals surface area contributed by atoms with Gasteiger partial charge < -0.3 is 20.1 Å². The average molecular weight is 441 g/mol. The number of anilines is 2. The Morgan fingerprint density at radius 1 is 0.970 bits per heavy atom. The number of rotatable bonds is 8. The molecule has 3 aromatic rings. The number of nitriles is 1. The molecule has 0 atom stereocenters. The van der Waals surface area contributed by atoms with Gasteiger partial charge in [0.05, 0.1) is 7.11 Å². The van der Waals surface area contributed by atoms with Gasteiger partial charge in [0.1, 0.15) is 11.6 Å². The van der Waals surface area contributed by atoms with Crippen LogP contribution in [0.3, 0.4) is 0 Å². The molecule has 3 rings (SSSR count). The Kier molecular flexibility index (Phi) is 7.81. The molecule has 7 heteroatoms. The molecule has 0 spiro atoms. The second kappa shape index (κ2) is 11.2. The predicted octanol–water partition coefficient (Wildman–Crippen LogP) is 4.57. The topological polar surface area (TPSA) is 100 Å². The van der Waals surface area contributed by atoms with Crippen LogP contribution in [0.25, 0.3) is 6.08 Å². The number of benzene rings is 3. The highest BCUT2D eigenvalue weighted by Gasteiger charge is 2.13. The van der Waals surface area contributed by atoms with Gasteiger partial charge in [-0.3, -0.25) is 9.59 Å². The van der Waals surface area contributed by atoms with Crippen LogP contribution in [0.5, 0.6) is 11.5 Å². The fourth-order valence-corrected chi connectivity index (χ4v) is 2.97. The molecule has 2 amide bonds. The van der Waals surface area contributed by atoms with Gasteiger partial charge in [0.15, 0.2) is 18.1 Å². The summed E-state index contributed by atoms with van der Waals surface area (Å²) < 4.78 is 10.9. The molecule has 0 aliphatic carbocycles. The van der Waals surface area contributed by atoms with E-state index in [0.29, 0.717) is 28.4 Å². The lowest BCUT2D eigenvalue weighted by Gasteiger charge is -2.12. The highest BCUT2D eigenvalue weighted by Crippen LogP contribution is 2.29. The monoisotopic (exact) mass is 441 g/mol. The van der Waals surface area contributed by atoms with E-state index in [0.717, 1.165) is 5.56 Å². The van der Waals surface area contributed by atoms with E-state index in [-0.39, 0.29) is 18.1 Å². The Morgan fingerprint density at radius 2 is 1.70 bits per heavy atom. The Bertz CT molecular complexity index is 1210. The highest BCUT2D eigenvalue weighted by atomic mass is 16.5. The van der Waals surface area contributed by atoms with Gasteiger partial charge in [0, 0.05) is 11.4 Å². The summed E-state index contributed by atoms with van der Waals surface area (Å²) >= 11 is 0. The summed E-state index contributed by atoms with van der Waals surface area (Å²) in [7, 11) is 1.47. The maximum absolute atomic E-state index is 12.5. The first-order valence-electron chi connectivity index (χ1n) is 10.1. The molecule has 33 heavy (non-hydrogen) atoms. The van der Waals surface area contributed by atoms with Crippen LogP contribution in [-0.4, -0.2) is 25.5 Å². The van der Waals surface area contributed by atoms with Crippen molar-refractivity contribution in [1.29, 1.82) is 5.26 Å². The second-order valence-electron chi connectivity index (χ2n) is 7.05. The zero-order valence-electron chi connectivity index (χ0n) is 18.3. The number of carbonyl (C=O) groups is 2. The number of nitrogens with one attached hydrogen (secondary N) is 2. The molecule has 0 saturated heterocycles. The molecule has 3 aromatic carbocycles. The molecule has 0 aromatic heterocycles. The van der Waals surface area contributed by atoms with Crippen molar-refractivity contribution < 1.29 is 19.1 Å². The number of hydrogen-bond acceptors (Lipinski definition) is 5. The first-order valence-corrected chi connectivity index (χ1v) is 10.1. The number of nitrogens with zero attached hydrogens (tertiary/aromatic N) is 1. The Labute approximate surface area is 192 Å². The second-order valence-corrected chi connectivity index (χ2v) is 7.05. The van der Waals surface area contributed by atoms with Crippen LogP contribution in [0, 0.1) is 18.3 Å². The van der Waals surface area contributed by atoms with Crippen molar-refractivity contribution in [1.82, 2.24) is 0 Å². The summed E-state index contributed by atoms with van der Waals surface area (Å²) in [6, 6.07) is 23.2. The smallest absolute Gasteiger partial charge is 0.266 e. The summed E-state index contributed by atoms with van der Waals surface area (Å²) in [5.74, 6) is -0.0934. The van der Waals surface area contributed by atoms with E-state index < -0.39 is 5.91 Å². The normalized spacial score (nSPS) is 10.6. The number of hydrogen-bond donors (Lipinski definition) is 2. The molecular formula is C26H23N3O4. The standard InChI is InChI=1S/C26H23N3O4/c1-18-8-6-7-11-22(18)29-26(31)20(16-27)14-19-12-13-23(24(15-19)32-2)33-17-25(30)28-21-9-4-3-5-10-21/h3-15H,17H2,1-2H3,(H,28,30)(H,29,31)/b20-14+. The van der Waals surface area contributed by atoms with Gasteiger partial charge in [-0.2, -0.15) is 5.26 Å². The fraction of sp³-hybridized carbons (Fsp3) is 0.115. The van der Waals surface area contributed by atoms with Gasteiger partial charge in [-0.25, -0.2) is 0 Å². The van der Waals surface area contributed by atoms with Crippen LogP contribution in [0.15, 0.2) is 78.4 Å². The van der Waals surface area contributed by atoms with Gasteiger partial charge in [-0.1, -0.05) is 42.5 Å². The summed E-state index contributed by atoms with van der Waals surface area (Å²) in [6.45, 7) is 1.66. The zero-order valence-corrected chi connectivity index (χ0v) is 18.3. The van der Waals surface area contributed by atoms with Crippen LogP contribution in [-0.2, 0) is 9.59 Å². The number of carbonyl (C=O) groups excluding carboxylic acids is 2. The van der Waals surface area contributed by atoms with E-state index in [2.05, 4.69) is 10.6 Å². The molecule has 0 aliphatic rings. The van der Waals surface area contributed by atoms with Crippen LogP contribution in [0.1, 0.15) is 11.1 Å². The number of para-hydroxylation sites is 2. The molecule has 0 unspecified atom stereocenters. The van der Waals surface area contributed by atoms with Gasteiger partial charge in [0.2, 0.25) is 0 Å². The SMILES string of the molecule is COc1cc(/C=C(\C#N)C(=O)Nc2ccccc2C)ccc1OCC(=O)Nc1ccccc1. The third-order valence-electron chi connectivity index (χ3n) is 4.67. The van der Waals surface area contributed by atoms with E-state index in [4.69, 9.17) is 9.47 Å². The number of amides is 2. The fourth-order valence-electron chi connectivity index (χ4n) is 2.97. The summed E-state index contributed by atoms with van der Waals surface area (Å²) in [5.41, 5.74) is 2.72. The van der Waals surface area contributed by atoms with Crippen molar-refractivity contribution in [3.63, 3.8) is 0 Å². The van der Waals surface area contributed by atoms with E-state index in [9.17, 15) is 14.9 Å². The lowest BCUT2D eigenvalue weighted by molar-refractivity contribution is -0.118. The van der Waals surface area contributed by atoms with Crippen LogP contribution in [0.2, 0.25) is 0 Å². The summed E-state index contributed by atoms with van der Waals surface area (Å²) in [5, 5.41) is 15.0. The first-order chi connectivity index (χ1) is 16.0. The van der Waals surface area contributed by atoms with Crippen LogP contribution in [0.4, 0.5) is 11.4 Å². The lowest BCUT2D eigenvalue weighted by Crippen LogP contribution is -2.20. The van der Waals surface area contributed by atoms with Crippen molar-refractivity contribution in [3.8, 4) is 17.6 Å². The lowest BCUT2D eigenvalue weighted by atomic mass is 10.1. The Balaban J connectivity index is 1.69. The van der Waals surface area contributed by atoms with E-state index in [1.54, 1.807) is 36.4 Å². The molecule has 0 aliphatic heterocycles. The van der Waals surface area contributed by atoms with Crippen molar-refractivity contribution in [2.24, 2.45) is 0 Å². The van der Waals surface area contributed by atoms with E-state index in [1.807, 2.05) is 49.4 Å². The van der Waals surface area contributed by atoms with Gasteiger partial charge >= 0.3 is 0 Å². The quantitative estimate of drug-likeness (QED) is 0.394. The minimum atomic E-state index is -0.510. The van der Waals surface area contributed by atoms with Crippen molar-refractivity contribution in [2.45, 2.75) is 6.92 Å². The number of methoxy groups -OCH3 is 1. The van der Waals surface area contributed by atoms with Gasteiger partial charge in [-0.15, -0.1) is 0 Å². The van der Waals surface area contributed by atoms with E-state index in [1.165, 1.54) is 13.2 Å². The molecule has 166 valence electrons. The van der Waals surface area contributed by atoms with Crippen molar-refractivity contribution >= 4 is 29.3 Å². The van der Waals surface area contributed by atoms with Crippen molar-refractivity contribution in [3.05, 3.63) is 89.5 Å². The largest absolute Gasteiger partial charge is 0.493 e. The number of ether oxygens (including phenoxy) is 2. The Morgan fingerprint density at radius 3 is 2.39 bits per heavy atom. The zero-order chi connectivity index (χ0) is 23.6.